The van der Waals surface area contributed by atoms with E-state index in [-0.39, 0.29) is 54.1 Å². The van der Waals surface area contributed by atoms with Crippen molar-refractivity contribution in [3.63, 3.8) is 0 Å². The normalized spacial score (nSPS) is 36.0. The van der Waals surface area contributed by atoms with Crippen LogP contribution in [0.5, 0.6) is 0 Å². The highest BCUT2D eigenvalue weighted by atomic mass is 14.8. The van der Waals surface area contributed by atoms with Gasteiger partial charge in [0.05, 0.1) is 0 Å². The van der Waals surface area contributed by atoms with Gasteiger partial charge >= 0.3 is 0 Å². The van der Waals surface area contributed by atoms with Crippen molar-refractivity contribution in [2.45, 2.75) is 174 Å². The molecule has 0 spiro atoms. The monoisotopic (exact) mass is 623 g/mol. The summed E-state index contributed by atoms with van der Waals surface area (Å²) in [6, 6.07) is 9.37. The SMILES string of the molecule is CC1=C(C)C2(C)c3c(C)ccc(C)c3C1(C)C(C)(C)C2(C)C.Cc1ccc(C)c2c1C1(C)C(C)(C)C(C)(C)C2(C)C(C)(C)C1(C)C. The Morgan fingerprint density at radius 1 is 0.283 bits per heavy atom. The van der Waals surface area contributed by atoms with Gasteiger partial charge in [-0.2, -0.15) is 0 Å². The first kappa shape index (κ1) is 35.5. The van der Waals surface area contributed by atoms with E-state index in [2.05, 4.69) is 177 Å². The van der Waals surface area contributed by atoms with E-state index >= 15 is 0 Å². The number of hydrogen-bond donors (Lipinski definition) is 0. The third kappa shape index (κ3) is 3.05. The van der Waals surface area contributed by atoms with Gasteiger partial charge in [0, 0.05) is 21.7 Å². The molecule has 0 aliphatic heterocycles. The van der Waals surface area contributed by atoms with E-state index in [1.165, 1.54) is 22.3 Å². The smallest absolute Gasteiger partial charge is 0.0196 e. The van der Waals surface area contributed by atoms with E-state index in [1.54, 1.807) is 33.4 Å². The molecule has 6 aliphatic rings. The average Bonchev–Trinajstić information content (AvgIpc) is 2.93. The molecule has 6 aliphatic carbocycles. The van der Waals surface area contributed by atoms with Crippen molar-refractivity contribution in [2.75, 3.05) is 0 Å². The lowest BCUT2D eigenvalue weighted by Crippen LogP contribution is -2.79. The van der Waals surface area contributed by atoms with Crippen LogP contribution in [0.2, 0.25) is 0 Å². The van der Waals surface area contributed by atoms with Crippen LogP contribution in [-0.2, 0) is 21.7 Å². The summed E-state index contributed by atoms with van der Waals surface area (Å²) in [5, 5.41) is 0. The van der Waals surface area contributed by atoms with Gasteiger partial charge in [-0.1, -0.05) is 146 Å². The molecule has 0 radical (unpaired) electrons. The topological polar surface area (TPSA) is 0 Å². The summed E-state index contributed by atoms with van der Waals surface area (Å²) in [7, 11) is 0. The number of hydrogen-bond acceptors (Lipinski definition) is 0. The Balaban J connectivity index is 0.000000182. The van der Waals surface area contributed by atoms with Crippen molar-refractivity contribution in [3.05, 3.63) is 79.9 Å². The first-order chi connectivity index (χ1) is 20.4. The van der Waals surface area contributed by atoms with Crippen LogP contribution >= 0.6 is 0 Å². The maximum Gasteiger partial charge on any atom is 0.0196 e. The largest absolute Gasteiger partial charge is 0.0626 e. The zero-order valence-corrected chi connectivity index (χ0v) is 34.3. The van der Waals surface area contributed by atoms with Crippen LogP contribution in [0.25, 0.3) is 0 Å². The minimum atomic E-state index is 0.115. The lowest BCUT2D eigenvalue weighted by atomic mass is 9.21. The second-order valence-corrected chi connectivity index (χ2v) is 20.4. The Morgan fingerprint density at radius 3 is 0.696 bits per heavy atom. The Kier molecular flexibility index (Phi) is 6.97. The first-order valence-corrected chi connectivity index (χ1v) is 18.3. The van der Waals surface area contributed by atoms with Crippen molar-refractivity contribution in [1.82, 2.24) is 0 Å². The second-order valence-electron chi connectivity index (χ2n) is 20.4. The van der Waals surface area contributed by atoms with Gasteiger partial charge in [0.2, 0.25) is 0 Å². The quantitative estimate of drug-likeness (QED) is 0.256. The summed E-state index contributed by atoms with van der Waals surface area (Å²) < 4.78 is 0. The summed E-state index contributed by atoms with van der Waals surface area (Å²) in [6.07, 6.45) is 0. The van der Waals surface area contributed by atoms with Gasteiger partial charge in [0.1, 0.15) is 0 Å². The van der Waals surface area contributed by atoms with Crippen LogP contribution in [0.1, 0.15) is 169 Å². The lowest BCUT2D eigenvalue weighted by molar-refractivity contribution is -0.247. The van der Waals surface area contributed by atoms with Crippen LogP contribution in [0, 0.1) is 60.2 Å². The number of aryl methyl sites for hydroxylation is 4. The van der Waals surface area contributed by atoms with Gasteiger partial charge < -0.3 is 0 Å². The van der Waals surface area contributed by atoms with Crippen molar-refractivity contribution >= 4 is 0 Å². The van der Waals surface area contributed by atoms with Crippen molar-refractivity contribution in [2.24, 2.45) is 32.5 Å². The van der Waals surface area contributed by atoms with E-state index in [0.29, 0.717) is 0 Å². The fraction of sp³-hybridized carbons (Fsp3) is 0.696. The molecule has 0 aromatic heterocycles. The molecule has 2 aromatic carbocycles. The highest BCUT2D eigenvalue weighted by molar-refractivity contribution is 5.66. The van der Waals surface area contributed by atoms with Crippen LogP contribution < -0.4 is 0 Å². The zero-order valence-electron chi connectivity index (χ0n) is 34.3. The van der Waals surface area contributed by atoms with Crippen molar-refractivity contribution in [3.8, 4) is 0 Å². The summed E-state index contributed by atoms with van der Waals surface area (Å²) >= 11 is 0. The van der Waals surface area contributed by atoms with Gasteiger partial charge in [-0.3, -0.25) is 0 Å². The Hall–Kier alpha value is -1.82. The molecule has 0 nitrogen and oxygen atoms in total. The van der Waals surface area contributed by atoms with E-state index in [9.17, 15) is 0 Å². The van der Waals surface area contributed by atoms with Gasteiger partial charge in [-0.05, 0) is 119 Å². The molecule has 1 saturated carbocycles. The fourth-order valence-electron chi connectivity index (χ4n) is 13.4. The zero-order chi connectivity index (χ0) is 35.6. The van der Waals surface area contributed by atoms with Crippen LogP contribution in [-0.4, -0.2) is 0 Å². The highest BCUT2D eigenvalue weighted by Gasteiger charge is 2.79. The molecular formula is C46H70. The van der Waals surface area contributed by atoms with E-state index in [0.717, 1.165) is 0 Å². The number of fused-ring (bicyclic) bond motifs is 3. The third-order valence-electron chi connectivity index (χ3n) is 19.5. The van der Waals surface area contributed by atoms with Crippen LogP contribution in [0.15, 0.2) is 35.4 Å². The Bertz CT molecular complexity index is 1540. The third-order valence-corrected chi connectivity index (χ3v) is 19.5. The minimum absolute atomic E-state index is 0.115. The van der Waals surface area contributed by atoms with Gasteiger partial charge in [-0.15, -0.1) is 0 Å². The number of benzene rings is 2. The first-order valence-electron chi connectivity index (χ1n) is 18.3. The summed E-state index contributed by atoms with van der Waals surface area (Å²) in [4.78, 5) is 0. The van der Waals surface area contributed by atoms with Crippen molar-refractivity contribution in [1.29, 1.82) is 0 Å². The molecule has 4 bridgehead atoms. The standard InChI is InChI=1S/C24H38.C22H32/c1-15-13-14-16(2)18-17(15)23(11)19(3,4)21(7,8)24(18,12)22(9,10)20(23,5)6;1-13-11-12-14(2)18-17(13)21(9)15(3)16(4)22(18,10)20(7,8)19(21,5)6/h13-14H,1-12H3;11-12H,1-10H3. The molecule has 2 unspecified atom stereocenters. The van der Waals surface area contributed by atoms with E-state index in [4.69, 9.17) is 0 Å². The van der Waals surface area contributed by atoms with Crippen LogP contribution in [0.3, 0.4) is 0 Å². The Morgan fingerprint density at radius 2 is 0.478 bits per heavy atom. The summed E-state index contributed by atoms with van der Waals surface area (Å²) in [6.45, 7) is 54.4. The predicted molar refractivity (Wildman–Crippen MR) is 202 cm³/mol. The second kappa shape index (κ2) is 9.04. The van der Waals surface area contributed by atoms with E-state index < -0.39 is 0 Å². The molecular weight excluding hydrogens is 553 g/mol. The molecule has 2 aromatic rings. The lowest BCUT2D eigenvalue weighted by Gasteiger charge is -2.82. The summed E-state index contributed by atoms with van der Waals surface area (Å²) in [5.41, 5.74) is 17.4. The van der Waals surface area contributed by atoms with Gasteiger partial charge in [0.25, 0.3) is 0 Å². The predicted octanol–water partition coefficient (Wildman–Crippen LogP) is 13.2. The average molecular weight is 623 g/mol. The molecule has 1 fully saturated rings. The van der Waals surface area contributed by atoms with E-state index in [1.807, 2.05) is 0 Å². The molecule has 0 amide bonds. The maximum atomic E-state index is 2.57. The molecule has 254 valence electrons. The van der Waals surface area contributed by atoms with Crippen LogP contribution in [0.4, 0.5) is 0 Å². The molecule has 0 heterocycles. The maximum absolute atomic E-state index is 2.57. The molecule has 2 atom stereocenters. The molecule has 0 N–H and O–H groups in total. The summed E-state index contributed by atoms with van der Waals surface area (Å²) in [5.74, 6) is 0. The Labute approximate surface area is 285 Å². The molecule has 0 heteroatoms. The van der Waals surface area contributed by atoms with Crippen molar-refractivity contribution < 1.29 is 0 Å². The minimum Gasteiger partial charge on any atom is -0.0626 e. The molecule has 0 saturated heterocycles. The van der Waals surface area contributed by atoms with Gasteiger partial charge in [-0.25, -0.2) is 0 Å². The number of allylic oxidation sites excluding steroid dienone is 2. The van der Waals surface area contributed by atoms with Gasteiger partial charge in [0.15, 0.2) is 0 Å². The molecule has 8 rings (SSSR count). The molecule has 46 heavy (non-hydrogen) atoms. The number of rotatable bonds is 0. The fourth-order valence-corrected chi connectivity index (χ4v) is 13.4. The highest BCUT2D eigenvalue weighted by Crippen LogP contribution is 2.83.